The summed E-state index contributed by atoms with van der Waals surface area (Å²) in [6.07, 6.45) is 3.62. The normalized spacial score (nSPS) is 20.0. The highest BCUT2D eigenvalue weighted by atomic mass is 16.5. The number of carbonyl (C=O) groups excluding carboxylic acids is 1. The van der Waals surface area contributed by atoms with Gasteiger partial charge in [0.15, 0.2) is 6.10 Å². The third-order valence-electron chi connectivity index (χ3n) is 4.55. The molecule has 1 aromatic carbocycles. The molecule has 3 heteroatoms. The summed E-state index contributed by atoms with van der Waals surface area (Å²) in [7, 11) is 0. The second kappa shape index (κ2) is 6.61. The van der Waals surface area contributed by atoms with Crippen molar-refractivity contribution in [3.8, 4) is 0 Å². The van der Waals surface area contributed by atoms with Crippen molar-refractivity contribution in [2.24, 2.45) is 5.41 Å². The van der Waals surface area contributed by atoms with E-state index in [1.54, 1.807) is 13.0 Å². The van der Waals surface area contributed by atoms with Crippen LogP contribution in [0.2, 0.25) is 0 Å². The summed E-state index contributed by atoms with van der Waals surface area (Å²) in [6, 6.07) is 7.78. The lowest BCUT2D eigenvalue weighted by molar-refractivity contribution is -0.153. The topological polar surface area (TPSA) is 46.5 Å². The number of hydrogen-bond donors (Lipinski definition) is 1. The summed E-state index contributed by atoms with van der Waals surface area (Å²) in [5.74, 6) is -0.0354. The number of carbonyl (C=O) groups is 1. The second-order valence-corrected chi connectivity index (χ2v) is 6.76. The molecule has 2 rings (SSSR count). The van der Waals surface area contributed by atoms with E-state index in [4.69, 9.17) is 4.74 Å². The van der Waals surface area contributed by atoms with E-state index in [2.05, 4.69) is 19.9 Å². The third-order valence-corrected chi connectivity index (χ3v) is 4.55. The number of ether oxygens (including phenoxy) is 1. The zero-order valence-electron chi connectivity index (χ0n) is 13.3. The minimum absolute atomic E-state index is 0.285. The van der Waals surface area contributed by atoms with Crippen LogP contribution in [0.15, 0.2) is 24.3 Å². The fourth-order valence-corrected chi connectivity index (χ4v) is 3.07. The number of aliphatic hydroxyl groups excluding tert-OH is 1. The molecule has 1 unspecified atom stereocenters. The van der Waals surface area contributed by atoms with E-state index in [1.807, 2.05) is 12.1 Å². The number of hydrogen-bond acceptors (Lipinski definition) is 3. The van der Waals surface area contributed by atoms with Crippen LogP contribution in [0.25, 0.3) is 0 Å². The van der Waals surface area contributed by atoms with E-state index < -0.39 is 12.1 Å². The lowest BCUT2D eigenvalue weighted by Gasteiger charge is -2.34. The Morgan fingerprint density at radius 2 is 2.05 bits per heavy atom. The van der Waals surface area contributed by atoms with Crippen LogP contribution >= 0.6 is 0 Å². The van der Waals surface area contributed by atoms with Gasteiger partial charge < -0.3 is 9.84 Å². The summed E-state index contributed by atoms with van der Waals surface area (Å²) >= 11 is 0. The van der Waals surface area contributed by atoms with Crippen LogP contribution < -0.4 is 0 Å². The van der Waals surface area contributed by atoms with Gasteiger partial charge >= 0.3 is 5.97 Å². The molecule has 0 aromatic heterocycles. The summed E-state index contributed by atoms with van der Waals surface area (Å²) in [5.41, 5.74) is 2.31. The van der Waals surface area contributed by atoms with Gasteiger partial charge in [-0.1, -0.05) is 38.1 Å². The van der Waals surface area contributed by atoms with Gasteiger partial charge in [0.25, 0.3) is 0 Å². The molecule has 3 nitrogen and oxygen atoms in total. The van der Waals surface area contributed by atoms with Gasteiger partial charge in [0.2, 0.25) is 0 Å². The first-order chi connectivity index (χ1) is 9.93. The van der Waals surface area contributed by atoms with Crippen LogP contribution in [0, 0.1) is 5.41 Å². The van der Waals surface area contributed by atoms with Gasteiger partial charge in [-0.15, -0.1) is 0 Å². The molecule has 1 N–H and O–H groups in total. The van der Waals surface area contributed by atoms with Gasteiger partial charge in [-0.2, -0.15) is 0 Å². The average molecular weight is 290 g/mol. The Labute approximate surface area is 127 Å². The summed E-state index contributed by atoms with van der Waals surface area (Å²) < 4.78 is 4.88. The maximum absolute atomic E-state index is 11.6. The summed E-state index contributed by atoms with van der Waals surface area (Å²) in [4.78, 5) is 11.6. The van der Waals surface area contributed by atoms with Gasteiger partial charge in [-0.3, -0.25) is 0 Å². The van der Waals surface area contributed by atoms with Gasteiger partial charge in [-0.25, -0.2) is 4.79 Å². The second-order valence-electron chi connectivity index (χ2n) is 6.76. The van der Waals surface area contributed by atoms with Crippen LogP contribution in [0.5, 0.6) is 0 Å². The highest BCUT2D eigenvalue weighted by Gasteiger charge is 2.28. The van der Waals surface area contributed by atoms with Crippen molar-refractivity contribution < 1.29 is 14.6 Å². The van der Waals surface area contributed by atoms with Gasteiger partial charge in [0, 0.05) is 0 Å². The zero-order chi connectivity index (χ0) is 15.5. The molecular formula is C18H26O3. The Kier molecular flexibility index (Phi) is 5.04. The van der Waals surface area contributed by atoms with Crippen molar-refractivity contribution in [1.29, 1.82) is 0 Å². The first kappa shape index (κ1) is 16.0. The molecule has 1 aromatic rings. The molecule has 0 heterocycles. The lowest BCUT2D eigenvalue weighted by atomic mass is 9.71. The van der Waals surface area contributed by atoms with Gasteiger partial charge in [0.05, 0.1) is 6.61 Å². The quantitative estimate of drug-likeness (QED) is 0.854. The first-order valence-corrected chi connectivity index (χ1v) is 7.87. The summed E-state index contributed by atoms with van der Waals surface area (Å²) in [5, 5.41) is 10.1. The predicted molar refractivity (Wildman–Crippen MR) is 83.0 cm³/mol. The van der Waals surface area contributed by atoms with Crippen molar-refractivity contribution >= 4 is 5.97 Å². The maximum atomic E-state index is 11.6. The van der Waals surface area contributed by atoms with E-state index in [0.717, 1.165) is 0 Å². The molecule has 21 heavy (non-hydrogen) atoms. The Balaban J connectivity index is 2.09. The van der Waals surface area contributed by atoms with Crippen LogP contribution in [-0.2, 0) is 9.53 Å². The third kappa shape index (κ3) is 4.07. The van der Waals surface area contributed by atoms with E-state index in [9.17, 15) is 9.90 Å². The van der Waals surface area contributed by atoms with E-state index in [-0.39, 0.29) is 6.61 Å². The summed E-state index contributed by atoms with van der Waals surface area (Å²) in [6.45, 7) is 6.67. The molecule has 0 aliphatic heterocycles. The highest BCUT2D eigenvalue weighted by Crippen LogP contribution is 2.42. The van der Waals surface area contributed by atoms with E-state index in [0.29, 0.717) is 16.9 Å². The van der Waals surface area contributed by atoms with Crippen LogP contribution in [0.3, 0.4) is 0 Å². The molecule has 0 radical (unpaired) electrons. The van der Waals surface area contributed by atoms with E-state index >= 15 is 0 Å². The van der Waals surface area contributed by atoms with Crippen LogP contribution in [0.1, 0.15) is 69.6 Å². The molecule has 1 fully saturated rings. The van der Waals surface area contributed by atoms with Crippen LogP contribution in [0.4, 0.5) is 0 Å². The molecule has 0 spiro atoms. The molecule has 1 atom stereocenters. The van der Waals surface area contributed by atoms with Crippen molar-refractivity contribution in [2.45, 2.75) is 58.5 Å². The maximum Gasteiger partial charge on any atom is 0.339 e. The SMILES string of the molecule is CCOC(=O)C(O)c1cccc(C2CCC(C)(C)CC2)c1. The number of aliphatic hydroxyl groups is 1. The monoisotopic (exact) mass is 290 g/mol. The van der Waals surface area contributed by atoms with Gasteiger partial charge in [0.1, 0.15) is 0 Å². The van der Waals surface area contributed by atoms with Crippen molar-refractivity contribution in [3.63, 3.8) is 0 Å². The number of rotatable bonds is 4. The highest BCUT2D eigenvalue weighted by molar-refractivity contribution is 5.76. The van der Waals surface area contributed by atoms with Crippen LogP contribution in [-0.4, -0.2) is 17.7 Å². The molecule has 0 amide bonds. The Morgan fingerprint density at radius 3 is 2.67 bits per heavy atom. The Hall–Kier alpha value is -1.35. The van der Waals surface area contributed by atoms with Crippen molar-refractivity contribution in [1.82, 2.24) is 0 Å². The van der Waals surface area contributed by atoms with Crippen molar-refractivity contribution in [3.05, 3.63) is 35.4 Å². The number of benzene rings is 1. The van der Waals surface area contributed by atoms with Gasteiger partial charge in [-0.05, 0) is 55.1 Å². The molecule has 1 aliphatic rings. The molecule has 116 valence electrons. The Morgan fingerprint density at radius 1 is 1.38 bits per heavy atom. The minimum Gasteiger partial charge on any atom is -0.464 e. The average Bonchev–Trinajstić information content (AvgIpc) is 2.47. The molecule has 0 saturated heterocycles. The largest absolute Gasteiger partial charge is 0.464 e. The number of esters is 1. The molecule has 0 bridgehead atoms. The fraction of sp³-hybridized carbons (Fsp3) is 0.611. The lowest BCUT2D eigenvalue weighted by Crippen LogP contribution is -2.20. The minimum atomic E-state index is -1.18. The smallest absolute Gasteiger partial charge is 0.339 e. The zero-order valence-corrected chi connectivity index (χ0v) is 13.3. The molecule has 1 aliphatic carbocycles. The molecule has 1 saturated carbocycles. The molecular weight excluding hydrogens is 264 g/mol. The van der Waals surface area contributed by atoms with E-state index in [1.165, 1.54) is 31.2 Å². The standard InChI is InChI=1S/C18H26O3/c1-4-21-17(20)16(19)15-7-5-6-14(12-15)13-8-10-18(2,3)11-9-13/h5-7,12-13,16,19H,4,8-11H2,1-3H3. The van der Waals surface area contributed by atoms with Crippen molar-refractivity contribution in [2.75, 3.05) is 6.61 Å². The Bertz CT molecular complexity index is 483. The fourth-order valence-electron chi connectivity index (χ4n) is 3.07. The first-order valence-electron chi connectivity index (χ1n) is 7.87. The predicted octanol–water partition coefficient (Wildman–Crippen LogP) is 3.97.